The van der Waals surface area contributed by atoms with Crippen LogP contribution < -0.4 is 0 Å². The summed E-state index contributed by atoms with van der Waals surface area (Å²) in [6, 6.07) is 6.75. The topological polar surface area (TPSA) is 54.5 Å². The van der Waals surface area contributed by atoms with Crippen LogP contribution in [0.15, 0.2) is 29.2 Å². The molecule has 0 radical (unpaired) electrons. The number of hydrogen-bond acceptors (Lipinski definition) is 3. The van der Waals surface area contributed by atoms with Gasteiger partial charge in [-0.25, -0.2) is 8.42 Å². The molecule has 1 aromatic carbocycles. The maximum absolute atomic E-state index is 12.1. The van der Waals surface area contributed by atoms with Crippen LogP contribution in [0.25, 0.3) is 0 Å². The van der Waals surface area contributed by atoms with Gasteiger partial charge in [0.1, 0.15) is 0 Å². The molecule has 19 heavy (non-hydrogen) atoms. The molecular formula is C14H19NO3S. The van der Waals surface area contributed by atoms with Crippen LogP contribution in [0.2, 0.25) is 0 Å². The maximum Gasteiger partial charge on any atom is 0.223 e. The molecule has 0 aliphatic carbocycles. The van der Waals surface area contributed by atoms with E-state index in [1.54, 1.807) is 29.2 Å². The van der Waals surface area contributed by atoms with E-state index >= 15 is 0 Å². The predicted octanol–water partition coefficient (Wildman–Crippen LogP) is 1.78. The van der Waals surface area contributed by atoms with E-state index in [0.717, 1.165) is 31.5 Å². The highest BCUT2D eigenvalue weighted by Crippen LogP contribution is 2.15. The minimum atomic E-state index is -3.35. The Kier molecular flexibility index (Phi) is 4.24. The zero-order valence-corrected chi connectivity index (χ0v) is 11.9. The Morgan fingerprint density at radius 3 is 2.32 bits per heavy atom. The number of likely N-dealkylation sites (tertiary alicyclic amines) is 1. The molecule has 1 heterocycles. The molecule has 4 nitrogen and oxygen atoms in total. The van der Waals surface area contributed by atoms with Crippen molar-refractivity contribution in [2.24, 2.45) is 0 Å². The molecule has 0 saturated carbocycles. The fourth-order valence-corrected chi connectivity index (χ4v) is 3.44. The molecular weight excluding hydrogens is 262 g/mol. The molecule has 1 aliphatic rings. The number of rotatable bonds is 4. The molecule has 0 N–H and O–H groups in total. The first-order valence-electron chi connectivity index (χ1n) is 6.56. The molecule has 1 aromatic rings. The van der Waals surface area contributed by atoms with Crippen LogP contribution in [-0.4, -0.2) is 38.1 Å². The predicted molar refractivity (Wildman–Crippen MR) is 73.7 cm³/mol. The normalized spacial score (nSPS) is 15.7. The summed E-state index contributed by atoms with van der Waals surface area (Å²) in [5.74, 6) is -0.154. The van der Waals surface area contributed by atoms with Gasteiger partial charge < -0.3 is 4.90 Å². The van der Waals surface area contributed by atoms with E-state index in [-0.39, 0.29) is 18.1 Å². The average molecular weight is 281 g/mol. The van der Waals surface area contributed by atoms with Crippen molar-refractivity contribution in [3.05, 3.63) is 29.8 Å². The van der Waals surface area contributed by atoms with Gasteiger partial charge in [-0.2, -0.15) is 0 Å². The van der Waals surface area contributed by atoms with Crippen molar-refractivity contribution in [1.82, 2.24) is 4.90 Å². The average Bonchev–Trinajstić information content (AvgIpc) is 2.90. The first-order valence-corrected chi connectivity index (χ1v) is 8.21. The zero-order valence-electron chi connectivity index (χ0n) is 11.1. The van der Waals surface area contributed by atoms with Crippen molar-refractivity contribution in [2.45, 2.75) is 31.1 Å². The Hall–Kier alpha value is -1.36. The summed E-state index contributed by atoms with van der Waals surface area (Å²) in [6.45, 7) is 3.44. The Bertz CT molecular complexity index is 543. The number of carbonyl (C=O) groups excluding carboxylic acids is 1. The molecule has 1 aliphatic heterocycles. The second-order valence-corrected chi connectivity index (χ2v) is 7.08. The summed E-state index contributed by atoms with van der Waals surface area (Å²) in [5.41, 5.74) is 1.02. The first-order chi connectivity index (χ1) is 8.99. The summed E-state index contributed by atoms with van der Waals surface area (Å²) in [4.78, 5) is 13.9. The van der Waals surface area contributed by atoms with Gasteiger partial charge in [-0.3, -0.25) is 4.79 Å². The monoisotopic (exact) mass is 281 g/mol. The minimum absolute atomic E-state index is 0.0480. The van der Waals surface area contributed by atoms with Crippen molar-refractivity contribution in [1.29, 1.82) is 0 Å². The van der Waals surface area contributed by atoms with Crippen molar-refractivity contribution in [3.63, 3.8) is 0 Å². The van der Waals surface area contributed by atoms with Crippen molar-refractivity contribution in [2.75, 3.05) is 18.8 Å². The molecule has 1 amide bonds. The van der Waals surface area contributed by atoms with Crippen LogP contribution in [0.1, 0.15) is 24.8 Å². The highest BCUT2D eigenvalue weighted by Gasteiger charge is 2.21. The van der Waals surface area contributed by atoms with Crippen molar-refractivity contribution in [3.8, 4) is 0 Å². The van der Waals surface area contributed by atoms with Crippen LogP contribution in [-0.2, 0) is 14.6 Å². The number of hydrogen-bond donors (Lipinski definition) is 0. The summed E-state index contributed by atoms with van der Waals surface area (Å²) < 4.78 is 24.2. The van der Waals surface area contributed by atoms with Crippen LogP contribution >= 0.6 is 0 Å². The summed E-state index contributed by atoms with van der Waals surface area (Å²) in [7, 11) is -3.35. The van der Waals surface area contributed by atoms with E-state index in [1.165, 1.54) is 0 Å². The lowest BCUT2D eigenvalue weighted by Gasteiger charge is -2.14. The lowest BCUT2D eigenvalue weighted by molar-refractivity contribution is -0.129. The molecule has 5 heteroatoms. The number of aryl methyl sites for hydroxylation is 1. The van der Waals surface area contributed by atoms with Gasteiger partial charge in [-0.1, -0.05) is 17.7 Å². The standard InChI is InChI=1S/C14H19NO3S/c1-12-4-6-13(7-5-12)19(17,18)11-8-14(16)15-9-2-3-10-15/h4-7H,2-3,8-11H2,1H3. The second-order valence-electron chi connectivity index (χ2n) is 4.97. The molecule has 0 atom stereocenters. The first kappa shape index (κ1) is 14.1. The van der Waals surface area contributed by atoms with Crippen LogP contribution in [0, 0.1) is 6.92 Å². The number of carbonyl (C=O) groups is 1. The van der Waals surface area contributed by atoms with E-state index in [0.29, 0.717) is 4.90 Å². The number of benzene rings is 1. The van der Waals surface area contributed by atoms with Gasteiger partial charge >= 0.3 is 0 Å². The Labute approximate surface area is 114 Å². The van der Waals surface area contributed by atoms with E-state index in [9.17, 15) is 13.2 Å². The summed E-state index contributed by atoms with van der Waals surface area (Å²) in [6.07, 6.45) is 2.13. The zero-order chi connectivity index (χ0) is 13.9. The third-order valence-electron chi connectivity index (χ3n) is 3.42. The quantitative estimate of drug-likeness (QED) is 0.845. The van der Waals surface area contributed by atoms with Crippen molar-refractivity contribution < 1.29 is 13.2 Å². The molecule has 0 spiro atoms. The molecule has 104 valence electrons. The summed E-state index contributed by atoms with van der Waals surface area (Å²) in [5, 5.41) is 0. The Balaban J connectivity index is 1.97. The molecule has 1 saturated heterocycles. The van der Waals surface area contributed by atoms with E-state index in [2.05, 4.69) is 0 Å². The largest absolute Gasteiger partial charge is 0.343 e. The van der Waals surface area contributed by atoms with Gasteiger partial charge in [-0.05, 0) is 31.9 Å². The molecule has 2 rings (SSSR count). The van der Waals surface area contributed by atoms with E-state index in [4.69, 9.17) is 0 Å². The fourth-order valence-electron chi connectivity index (χ4n) is 2.21. The van der Waals surface area contributed by atoms with Gasteiger partial charge in [0.25, 0.3) is 0 Å². The fraction of sp³-hybridized carbons (Fsp3) is 0.500. The lowest BCUT2D eigenvalue weighted by atomic mass is 10.2. The number of amides is 1. The van der Waals surface area contributed by atoms with Gasteiger partial charge in [0.05, 0.1) is 10.6 Å². The van der Waals surface area contributed by atoms with E-state index in [1.807, 2.05) is 6.92 Å². The SMILES string of the molecule is Cc1ccc(S(=O)(=O)CCC(=O)N2CCCC2)cc1. The maximum atomic E-state index is 12.1. The molecule has 0 unspecified atom stereocenters. The van der Waals surface area contributed by atoms with Gasteiger partial charge in [-0.15, -0.1) is 0 Å². The smallest absolute Gasteiger partial charge is 0.223 e. The highest BCUT2D eigenvalue weighted by molar-refractivity contribution is 7.91. The van der Waals surface area contributed by atoms with Gasteiger partial charge in [0.2, 0.25) is 5.91 Å². The highest BCUT2D eigenvalue weighted by atomic mass is 32.2. The van der Waals surface area contributed by atoms with Crippen LogP contribution in [0.5, 0.6) is 0 Å². The third-order valence-corrected chi connectivity index (χ3v) is 5.16. The van der Waals surface area contributed by atoms with Crippen molar-refractivity contribution >= 4 is 15.7 Å². The molecule has 0 aromatic heterocycles. The number of nitrogens with zero attached hydrogens (tertiary/aromatic N) is 1. The lowest BCUT2D eigenvalue weighted by Crippen LogP contribution is -2.29. The third kappa shape index (κ3) is 3.56. The Morgan fingerprint density at radius 1 is 1.16 bits per heavy atom. The summed E-state index contributed by atoms with van der Waals surface area (Å²) >= 11 is 0. The van der Waals surface area contributed by atoms with E-state index < -0.39 is 9.84 Å². The molecule has 1 fully saturated rings. The number of sulfone groups is 1. The van der Waals surface area contributed by atoms with Gasteiger partial charge in [0, 0.05) is 19.5 Å². The van der Waals surface area contributed by atoms with Crippen LogP contribution in [0.3, 0.4) is 0 Å². The van der Waals surface area contributed by atoms with Crippen LogP contribution in [0.4, 0.5) is 0 Å². The van der Waals surface area contributed by atoms with Gasteiger partial charge in [0.15, 0.2) is 9.84 Å². The Morgan fingerprint density at radius 2 is 1.74 bits per heavy atom. The second kappa shape index (κ2) is 5.74. The minimum Gasteiger partial charge on any atom is -0.343 e. The molecule has 0 bridgehead atoms.